The molecule has 4 bridgehead atoms. The van der Waals surface area contributed by atoms with Crippen molar-refractivity contribution in [2.24, 2.45) is 17.8 Å². The van der Waals surface area contributed by atoms with Crippen LogP contribution in [0.2, 0.25) is 61.8 Å². The van der Waals surface area contributed by atoms with Crippen molar-refractivity contribution in [2.75, 3.05) is 0 Å². The molecule has 0 aromatic rings. The van der Waals surface area contributed by atoms with Gasteiger partial charge in [-0.3, -0.25) is 0 Å². The van der Waals surface area contributed by atoms with E-state index in [2.05, 4.69) is 61.1 Å². The van der Waals surface area contributed by atoms with Gasteiger partial charge in [-0.25, -0.2) is 0 Å². The van der Waals surface area contributed by atoms with Crippen molar-refractivity contribution in [1.29, 1.82) is 0 Å². The Bertz CT molecular complexity index is 648. The van der Waals surface area contributed by atoms with Crippen molar-refractivity contribution in [2.45, 2.75) is 87.5 Å². The molecule has 3 saturated heterocycles. The Labute approximate surface area is 163 Å². The number of hydrogen-bond donors (Lipinski definition) is 0. The van der Waals surface area contributed by atoms with Crippen LogP contribution in [0.5, 0.6) is 0 Å². The van der Waals surface area contributed by atoms with E-state index in [-0.39, 0.29) is 0 Å². The molecule has 0 radical (unpaired) electrons. The van der Waals surface area contributed by atoms with E-state index < -0.39 is 34.5 Å². The Morgan fingerprint density at radius 1 is 0.760 bits per heavy atom. The Morgan fingerprint density at radius 2 is 1.24 bits per heavy atom. The molecule has 4 heterocycles. The maximum atomic E-state index is 2.82. The van der Waals surface area contributed by atoms with E-state index in [9.17, 15) is 0 Å². The third-order valence-corrected chi connectivity index (χ3v) is 41.3. The molecule has 0 aromatic carbocycles. The number of allylic oxidation sites excluding steroid dienone is 2. The second kappa shape index (κ2) is 5.89. The second-order valence-corrected chi connectivity index (χ2v) is 37.4. The molecule has 0 amide bonds. The van der Waals surface area contributed by atoms with Gasteiger partial charge >= 0.3 is 164 Å². The van der Waals surface area contributed by atoms with E-state index in [0.29, 0.717) is 0 Å². The van der Waals surface area contributed by atoms with Gasteiger partial charge < -0.3 is 0 Å². The summed E-state index contributed by atoms with van der Waals surface area (Å²) in [7, 11) is -2.46. The molecule has 2 atom stereocenters. The monoisotopic (exact) mass is 478 g/mol. The van der Waals surface area contributed by atoms with E-state index in [1.165, 1.54) is 6.42 Å². The van der Waals surface area contributed by atoms with Gasteiger partial charge in [0.05, 0.1) is 0 Å². The number of rotatable bonds is 2. The summed E-state index contributed by atoms with van der Waals surface area (Å²) in [5, 5.41) is 0. The quantitative estimate of drug-likeness (QED) is 0.393. The Hall–Kier alpha value is 0.777. The van der Waals surface area contributed by atoms with Crippen LogP contribution in [-0.4, -0.2) is 41.2 Å². The van der Waals surface area contributed by atoms with Crippen LogP contribution >= 0.6 is 0 Å². The van der Waals surface area contributed by atoms with Crippen molar-refractivity contribution in [3.8, 4) is 0 Å². The van der Waals surface area contributed by atoms with Crippen molar-refractivity contribution in [1.82, 2.24) is 0 Å². The minimum atomic E-state index is -2.34. The number of hydrogen-bond acceptors (Lipinski definition) is 0. The van der Waals surface area contributed by atoms with Crippen LogP contribution in [0.1, 0.15) is 25.7 Å². The van der Waals surface area contributed by atoms with Gasteiger partial charge in [0.15, 0.2) is 0 Å². The standard InChI is InChI=1S/C19H33BSi2.2CH3.Sn/c1-21(2,3)13-18-10-15-7-16-9-17(8-15)12-20(11-16)19(18)14-22(4,5)6;;;/h15-17H,7-12H2,1-6H3;2*1H3;. The van der Waals surface area contributed by atoms with Crippen LogP contribution in [0.4, 0.5) is 0 Å². The summed E-state index contributed by atoms with van der Waals surface area (Å²) in [6.45, 7) is 17.0. The summed E-state index contributed by atoms with van der Waals surface area (Å²) in [5.41, 5.74) is 4.07. The Kier molecular flexibility index (Phi) is 4.50. The summed E-state index contributed by atoms with van der Waals surface area (Å²) in [5.74, 6) is 3.19. The van der Waals surface area contributed by atoms with Gasteiger partial charge in [-0.2, -0.15) is 0 Å². The van der Waals surface area contributed by atoms with Gasteiger partial charge in [0.25, 0.3) is 0 Å². The molecule has 0 N–H and O–H groups in total. The molecule has 5 rings (SSSR count). The van der Waals surface area contributed by atoms with Crippen LogP contribution in [-0.2, 0) is 0 Å². The third kappa shape index (κ3) is 3.06. The van der Waals surface area contributed by atoms with Crippen molar-refractivity contribution >= 4 is 41.2 Å². The summed E-state index contributed by atoms with van der Waals surface area (Å²) in [4.78, 5) is 5.65. The molecule has 4 fully saturated rings. The molecular formula is C21H39BSi2Sn. The fraction of sp³-hybridized carbons (Fsp3) is 0.810. The van der Waals surface area contributed by atoms with Gasteiger partial charge in [-0.15, -0.1) is 0 Å². The molecule has 0 nitrogen and oxygen atoms in total. The molecule has 0 spiro atoms. The van der Waals surface area contributed by atoms with Crippen molar-refractivity contribution in [3.63, 3.8) is 0 Å². The maximum absolute atomic E-state index is 2.82. The molecule has 5 aliphatic rings. The predicted molar refractivity (Wildman–Crippen MR) is 123 cm³/mol. The van der Waals surface area contributed by atoms with Crippen LogP contribution in [0.3, 0.4) is 0 Å². The van der Waals surface area contributed by atoms with E-state index in [0.717, 1.165) is 24.5 Å². The average molecular weight is 477 g/mol. The van der Waals surface area contributed by atoms with Crippen LogP contribution in [0.15, 0.2) is 17.5 Å². The molecular weight excluding hydrogens is 438 g/mol. The van der Waals surface area contributed by atoms with Gasteiger partial charge in [0.1, 0.15) is 0 Å². The molecule has 138 valence electrons. The third-order valence-electron chi connectivity index (χ3n) is 7.78. The SMILES string of the molecule is C[Si](C)(C)[C]1=C2CC3CC4CB(CC(C4)C3)C2=[C]([Si](C)(C)C)[Sn]1([CH3])[CH3]. The fourth-order valence-electron chi connectivity index (χ4n) is 8.20. The van der Waals surface area contributed by atoms with E-state index in [1.54, 1.807) is 31.9 Å². The van der Waals surface area contributed by atoms with Crippen LogP contribution in [0, 0.1) is 17.8 Å². The average Bonchev–Trinajstić information content (AvgIpc) is 2.62. The first-order chi connectivity index (χ1) is 11.4. The Morgan fingerprint density at radius 3 is 1.72 bits per heavy atom. The molecule has 1 aliphatic carbocycles. The topological polar surface area (TPSA) is 0 Å². The Balaban J connectivity index is 1.97. The first-order valence-corrected chi connectivity index (χ1v) is 26.4. The first-order valence-electron chi connectivity index (χ1n) is 10.9. The molecule has 4 heteroatoms. The van der Waals surface area contributed by atoms with Gasteiger partial charge in [0, 0.05) is 0 Å². The normalized spacial score (nSPS) is 34.6. The van der Waals surface area contributed by atoms with Crippen LogP contribution < -0.4 is 0 Å². The first kappa shape index (κ1) is 19.1. The summed E-state index contributed by atoms with van der Waals surface area (Å²) < 4.78 is 4.35. The van der Waals surface area contributed by atoms with Gasteiger partial charge in [-0.1, -0.05) is 0 Å². The second-order valence-electron chi connectivity index (χ2n) is 12.4. The van der Waals surface area contributed by atoms with E-state index in [1.807, 2.05) is 5.57 Å². The molecule has 4 aliphatic heterocycles. The fourth-order valence-corrected chi connectivity index (χ4v) is 55.4. The van der Waals surface area contributed by atoms with E-state index >= 15 is 0 Å². The predicted octanol–water partition coefficient (Wildman–Crippen LogP) is 6.62. The van der Waals surface area contributed by atoms with Gasteiger partial charge in [0.2, 0.25) is 0 Å². The van der Waals surface area contributed by atoms with Crippen molar-refractivity contribution < 1.29 is 0 Å². The zero-order valence-corrected chi connectivity index (χ0v) is 22.9. The van der Waals surface area contributed by atoms with Crippen LogP contribution in [0.25, 0.3) is 0 Å². The molecule has 1 saturated carbocycles. The zero-order valence-electron chi connectivity index (χ0n) is 18.1. The summed E-state index contributed by atoms with van der Waals surface area (Å²) in [6.07, 6.45) is 9.32. The molecule has 25 heavy (non-hydrogen) atoms. The summed E-state index contributed by atoms with van der Waals surface area (Å²) >= 11 is -2.34. The molecule has 2 unspecified atom stereocenters. The van der Waals surface area contributed by atoms with E-state index in [4.69, 9.17) is 0 Å². The zero-order chi connectivity index (χ0) is 18.4. The molecule has 0 aromatic heterocycles. The van der Waals surface area contributed by atoms with Gasteiger partial charge in [-0.05, 0) is 0 Å². The minimum absolute atomic E-state index is 0.964. The van der Waals surface area contributed by atoms with Crippen molar-refractivity contribution in [3.05, 3.63) is 17.5 Å². The summed E-state index contributed by atoms with van der Waals surface area (Å²) in [6, 6.07) is 0.